The molecule has 0 spiro atoms. The molecule has 1 heterocycles. The molecule has 122 valence electrons. The number of anilines is 1. The summed E-state index contributed by atoms with van der Waals surface area (Å²) in [5.74, 6) is 1.04. The predicted octanol–water partition coefficient (Wildman–Crippen LogP) is 5.18. The topological polar surface area (TPSA) is 46.9 Å². The summed E-state index contributed by atoms with van der Waals surface area (Å²) in [6.07, 6.45) is 2.31. The van der Waals surface area contributed by atoms with E-state index < -0.39 is 0 Å². The molecule has 6 heteroatoms. The molecule has 1 N–H and O–H groups in total. The van der Waals surface area contributed by atoms with E-state index in [1.807, 2.05) is 4.68 Å². The van der Waals surface area contributed by atoms with Crippen molar-refractivity contribution in [1.29, 1.82) is 0 Å². The van der Waals surface area contributed by atoms with Crippen molar-refractivity contribution in [1.82, 2.24) is 9.78 Å². The van der Waals surface area contributed by atoms with Crippen LogP contribution in [0.25, 0.3) is 0 Å². The van der Waals surface area contributed by atoms with Crippen LogP contribution in [0.2, 0.25) is 5.02 Å². The number of carbonyl (C=O) groups is 1. The van der Waals surface area contributed by atoms with Gasteiger partial charge in [0.25, 0.3) is 5.91 Å². The van der Waals surface area contributed by atoms with Crippen molar-refractivity contribution < 1.29 is 4.79 Å². The summed E-state index contributed by atoms with van der Waals surface area (Å²) in [5.41, 5.74) is 1.38. The van der Waals surface area contributed by atoms with Crippen LogP contribution in [0, 0.1) is 0 Å². The highest BCUT2D eigenvalue weighted by molar-refractivity contribution is 9.10. The lowest BCUT2D eigenvalue weighted by molar-refractivity contribution is 0.102. The van der Waals surface area contributed by atoms with Crippen LogP contribution in [0.4, 0.5) is 5.82 Å². The Bertz CT molecular complexity index is 742. The summed E-state index contributed by atoms with van der Waals surface area (Å²) in [7, 11) is 0. The summed E-state index contributed by atoms with van der Waals surface area (Å²) in [4.78, 5) is 12.5. The first-order chi connectivity index (χ1) is 10.8. The zero-order chi connectivity index (χ0) is 16.8. The van der Waals surface area contributed by atoms with Crippen LogP contribution >= 0.6 is 27.5 Å². The first-order valence-electron chi connectivity index (χ1n) is 7.63. The number of benzene rings is 1. The largest absolute Gasteiger partial charge is 0.306 e. The number of rotatable bonds is 3. The van der Waals surface area contributed by atoms with E-state index in [2.05, 4.69) is 42.0 Å². The number of nitrogens with one attached hydrogen (secondary N) is 1. The van der Waals surface area contributed by atoms with Crippen molar-refractivity contribution in [2.75, 3.05) is 5.32 Å². The van der Waals surface area contributed by atoms with Gasteiger partial charge in [0.1, 0.15) is 5.82 Å². The second kappa shape index (κ2) is 5.95. The average molecular weight is 397 g/mol. The van der Waals surface area contributed by atoms with Crippen molar-refractivity contribution in [2.24, 2.45) is 0 Å². The Labute approximate surface area is 149 Å². The van der Waals surface area contributed by atoms with Gasteiger partial charge in [-0.15, -0.1) is 0 Å². The highest BCUT2D eigenvalue weighted by Gasteiger charge is 2.33. The first-order valence-corrected chi connectivity index (χ1v) is 8.80. The van der Waals surface area contributed by atoms with Gasteiger partial charge in [-0.3, -0.25) is 4.79 Å². The summed E-state index contributed by atoms with van der Waals surface area (Å²) >= 11 is 9.51. The van der Waals surface area contributed by atoms with E-state index in [0.29, 0.717) is 22.3 Å². The van der Waals surface area contributed by atoms with Gasteiger partial charge in [0.2, 0.25) is 0 Å². The van der Waals surface area contributed by atoms with E-state index in [-0.39, 0.29) is 11.4 Å². The molecule has 0 radical (unpaired) electrons. The zero-order valence-electron chi connectivity index (χ0n) is 13.4. The number of hydrogen-bond acceptors (Lipinski definition) is 2. The maximum Gasteiger partial charge on any atom is 0.256 e. The minimum absolute atomic E-state index is 0.171. The molecule has 1 aliphatic carbocycles. The van der Waals surface area contributed by atoms with Gasteiger partial charge in [0, 0.05) is 16.5 Å². The quantitative estimate of drug-likeness (QED) is 0.776. The van der Waals surface area contributed by atoms with Crippen LogP contribution in [0.5, 0.6) is 0 Å². The minimum Gasteiger partial charge on any atom is -0.306 e. The van der Waals surface area contributed by atoms with Gasteiger partial charge in [0.15, 0.2) is 0 Å². The van der Waals surface area contributed by atoms with Gasteiger partial charge < -0.3 is 5.32 Å². The SMILES string of the molecule is CC(C)(C)n1nc(C2CC2)c(Br)c1NC(=O)c1ccc(Cl)cc1. The number of carbonyl (C=O) groups excluding carboxylic acids is 1. The second-order valence-electron chi connectivity index (χ2n) is 6.87. The van der Waals surface area contributed by atoms with Crippen LogP contribution in [0.3, 0.4) is 0 Å². The third-order valence-electron chi connectivity index (χ3n) is 3.79. The molecule has 1 saturated carbocycles. The number of halogens is 2. The van der Waals surface area contributed by atoms with Gasteiger partial charge >= 0.3 is 0 Å². The van der Waals surface area contributed by atoms with Crippen LogP contribution in [0.1, 0.15) is 55.6 Å². The molecule has 0 atom stereocenters. The van der Waals surface area contributed by atoms with E-state index >= 15 is 0 Å². The Hall–Kier alpha value is -1.33. The third-order valence-corrected chi connectivity index (χ3v) is 4.82. The Kier molecular flexibility index (Phi) is 4.27. The maximum atomic E-state index is 12.5. The molecule has 1 amide bonds. The number of hydrogen-bond donors (Lipinski definition) is 1. The fourth-order valence-corrected chi connectivity index (χ4v) is 3.20. The van der Waals surface area contributed by atoms with Crippen molar-refractivity contribution in [3.63, 3.8) is 0 Å². The Balaban J connectivity index is 1.95. The summed E-state index contributed by atoms with van der Waals surface area (Å²) in [6, 6.07) is 6.85. The fraction of sp³-hybridized carbons (Fsp3) is 0.412. The molecular weight excluding hydrogens is 378 g/mol. The Morgan fingerprint density at radius 1 is 1.30 bits per heavy atom. The minimum atomic E-state index is -0.224. The predicted molar refractivity (Wildman–Crippen MR) is 96.3 cm³/mol. The molecular formula is C17H19BrClN3O. The van der Waals surface area contributed by atoms with Crippen LogP contribution in [-0.4, -0.2) is 15.7 Å². The molecule has 1 fully saturated rings. The van der Waals surface area contributed by atoms with E-state index in [1.54, 1.807) is 24.3 Å². The Morgan fingerprint density at radius 3 is 2.43 bits per heavy atom. The molecule has 0 bridgehead atoms. The van der Waals surface area contributed by atoms with Gasteiger partial charge in [-0.25, -0.2) is 4.68 Å². The van der Waals surface area contributed by atoms with Crippen molar-refractivity contribution in [3.05, 3.63) is 45.0 Å². The first kappa shape index (κ1) is 16.5. The molecule has 4 nitrogen and oxygen atoms in total. The highest BCUT2D eigenvalue weighted by atomic mass is 79.9. The molecule has 2 aromatic rings. The fourth-order valence-electron chi connectivity index (χ4n) is 2.41. The zero-order valence-corrected chi connectivity index (χ0v) is 15.7. The normalized spacial score (nSPS) is 14.8. The molecule has 23 heavy (non-hydrogen) atoms. The summed E-state index contributed by atoms with van der Waals surface area (Å²) in [5, 5.41) is 8.34. The number of amides is 1. The standard InChI is InChI=1S/C17H19BrClN3O/c1-17(2,3)22-15(13(18)14(21-22)10-4-5-10)20-16(23)11-6-8-12(19)9-7-11/h6-10H,4-5H2,1-3H3,(H,20,23). The molecule has 1 aliphatic rings. The smallest absolute Gasteiger partial charge is 0.256 e. The molecule has 0 saturated heterocycles. The summed E-state index contributed by atoms with van der Waals surface area (Å²) < 4.78 is 2.77. The molecule has 0 unspecified atom stereocenters. The summed E-state index contributed by atoms with van der Waals surface area (Å²) in [6.45, 7) is 6.21. The molecule has 1 aromatic heterocycles. The van der Waals surface area contributed by atoms with E-state index in [0.717, 1.165) is 23.0 Å². The van der Waals surface area contributed by atoms with Crippen LogP contribution in [0.15, 0.2) is 28.7 Å². The van der Waals surface area contributed by atoms with Gasteiger partial charge in [-0.1, -0.05) is 11.6 Å². The molecule has 3 rings (SSSR count). The average Bonchev–Trinajstić information content (AvgIpc) is 3.25. The van der Waals surface area contributed by atoms with E-state index in [1.165, 1.54) is 0 Å². The number of nitrogens with zero attached hydrogens (tertiary/aromatic N) is 2. The molecule has 0 aliphatic heterocycles. The Morgan fingerprint density at radius 2 is 1.91 bits per heavy atom. The third kappa shape index (κ3) is 3.45. The van der Waals surface area contributed by atoms with Gasteiger partial charge in [-0.2, -0.15) is 5.10 Å². The van der Waals surface area contributed by atoms with E-state index in [9.17, 15) is 4.79 Å². The van der Waals surface area contributed by atoms with Gasteiger partial charge in [-0.05, 0) is 73.8 Å². The lowest BCUT2D eigenvalue weighted by Gasteiger charge is -2.22. The molecule has 1 aromatic carbocycles. The van der Waals surface area contributed by atoms with Crippen molar-refractivity contribution in [2.45, 2.75) is 45.1 Å². The lowest BCUT2D eigenvalue weighted by atomic mass is 10.1. The van der Waals surface area contributed by atoms with Crippen LogP contribution in [-0.2, 0) is 5.54 Å². The van der Waals surface area contributed by atoms with Crippen molar-refractivity contribution >= 4 is 39.3 Å². The van der Waals surface area contributed by atoms with Crippen molar-refractivity contribution in [3.8, 4) is 0 Å². The van der Waals surface area contributed by atoms with Crippen LogP contribution < -0.4 is 5.32 Å². The van der Waals surface area contributed by atoms with E-state index in [4.69, 9.17) is 16.7 Å². The monoisotopic (exact) mass is 395 g/mol. The lowest BCUT2D eigenvalue weighted by Crippen LogP contribution is -2.27. The second-order valence-corrected chi connectivity index (χ2v) is 8.10. The maximum absolute atomic E-state index is 12.5. The van der Waals surface area contributed by atoms with Gasteiger partial charge in [0.05, 0.1) is 15.7 Å². The highest BCUT2D eigenvalue weighted by Crippen LogP contribution is 2.45. The number of aromatic nitrogens is 2.